The van der Waals surface area contributed by atoms with E-state index >= 15 is 0 Å². The third-order valence-corrected chi connectivity index (χ3v) is 5.09. The number of nitrogens with two attached hydrogens (primary N) is 1. The quantitative estimate of drug-likeness (QED) is 0.701. The number of nitrogens with zero attached hydrogens (tertiary/aromatic N) is 2. The molecule has 1 aliphatic rings. The van der Waals surface area contributed by atoms with E-state index in [-0.39, 0.29) is 12.3 Å². The van der Waals surface area contributed by atoms with Crippen LogP contribution in [0.1, 0.15) is 20.3 Å². The minimum absolute atomic E-state index is 0.0674. The van der Waals surface area contributed by atoms with Gasteiger partial charge in [0.15, 0.2) is 0 Å². The zero-order valence-electron chi connectivity index (χ0n) is 10.2. The Bertz CT molecular complexity index is 301. The fourth-order valence-electron chi connectivity index (χ4n) is 2.28. The molecule has 0 amide bonds. The lowest BCUT2D eigenvalue weighted by molar-refractivity contribution is 0.224. The van der Waals surface area contributed by atoms with Crippen molar-refractivity contribution in [2.45, 2.75) is 26.3 Å². The molecule has 1 heterocycles. The molecule has 2 N–H and O–H groups in total. The minimum atomic E-state index is -3.11. The van der Waals surface area contributed by atoms with Gasteiger partial charge in [0.2, 0.25) is 10.0 Å². The van der Waals surface area contributed by atoms with Gasteiger partial charge in [-0.05, 0) is 19.5 Å². The second kappa shape index (κ2) is 5.95. The van der Waals surface area contributed by atoms with Gasteiger partial charge in [-0.2, -0.15) is 0 Å². The molecule has 1 fully saturated rings. The minimum Gasteiger partial charge on any atom is -0.329 e. The van der Waals surface area contributed by atoms with Crippen molar-refractivity contribution in [1.82, 2.24) is 9.21 Å². The van der Waals surface area contributed by atoms with E-state index in [4.69, 9.17) is 5.73 Å². The molecule has 0 aromatic heterocycles. The first-order chi connectivity index (χ1) is 7.55. The number of likely N-dealkylation sites (N-methyl/N-ethyl adjacent to an activating group) is 1. The molecule has 1 aliphatic heterocycles. The average molecular weight is 249 g/mol. The molecule has 5 nitrogen and oxygen atoms in total. The van der Waals surface area contributed by atoms with Gasteiger partial charge in [-0.3, -0.25) is 4.90 Å². The Morgan fingerprint density at radius 3 is 2.50 bits per heavy atom. The fraction of sp³-hybridized carbons (Fsp3) is 1.00. The van der Waals surface area contributed by atoms with Crippen LogP contribution in [0.3, 0.4) is 0 Å². The van der Waals surface area contributed by atoms with Crippen molar-refractivity contribution in [3.8, 4) is 0 Å². The molecular formula is C10H23N3O2S. The highest BCUT2D eigenvalue weighted by atomic mass is 32.2. The first kappa shape index (κ1) is 13.9. The lowest BCUT2D eigenvalue weighted by atomic mass is 10.2. The largest absolute Gasteiger partial charge is 0.329 e. The first-order valence-electron chi connectivity index (χ1n) is 5.97. The second-order valence-electron chi connectivity index (χ2n) is 4.13. The first-order valence-corrected chi connectivity index (χ1v) is 7.58. The van der Waals surface area contributed by atoms with E-state index in [0.29, 0.717) is 19.1 Å². The highest BCUT2D eigenvalue weighted by molar-refractivity contribution is 7.89. The van der Waals surface area contributed by atoms with Crippen LogP contribution in [0.2, 0.25) is 0 Å². The van der Waals surface area contributed by atoms with E-state index in [1.54, 1.807) is 4.31 Å². The van der Waals surface area contributed by atoms with E-state index in [1.165, 1.54) is 0 Å². The summed E-state index contributed by atoms with van der Waals surface area (Å²) in [6.45, 7) is 7.65. The highest BCUT2D eigenvalue weighted by Gasteiger charge is 2.32. The summed E-state index contributed by atoms with van der Waals surface area (Å²) in [5, 5.41) is 0. The van der Waals surface area contributed by atoms with E-state index in [1.807, 2.05) is 0 Å². The number of hydrogen-bond acceptors (Lipinski definition) is 4. The van der Waals surface area contributed by atoms with Gasteiger partial charge < -0.3 is 5.73 Å². The summed E-state index contributed by atoms with van der Waals surface area (Å²) >= 11 is 0. The molecule has 16 heavy (non-hydrogen) atoms. The van der Waals surface area contributed by atoms with Crippen LogP contribution in [-0.2, 0) is 10.0 Å². The summed E-state index contributed by atoms with van der Waals surface area (Å²) in [5.41, 5.74) is 5.31. The fourth-order valence-corrected chi connectivity index (χ4v) is 3.62. The Kier molecular flexibility index (Phi) is 5.17. The zero-order chi connectivity index (χ0) is 12.2. The summed E-state index contributed by atoms with van der Waals surface area (Å²) in [6, 6.07) is 0.377. The van der Waals surface area contributed by atoms with Gasteiger partial charge in [-0.1, -0.05) is 13.8 Å². The molecule has 0 spiro atoms. The highest BCUT2D eigenvalue weighted by Crippen LogP contribution is 2.18. The van der Waals surface area contributed by atoms with Gasteiger partial charge >= 0.3 is 0 Å². The second-order valence-corrected chi connectivity index (χ2v) is 6.21. The van der Waals surface area contributed by atoms with Crippen LogP contribution in [0.5, 0.6) is 0 Å². The smallest absolute Gasteiger partial charge is 0.215 e. The molecule has 1 saturated heterocycles. The van der Waals surface area contributed by atoms with Crippen LogP contribution >= 0.6 is 0 Å². The van der Waals surface area contributed by atoms with Crippen LogP contribution in [0.4, 0.5) is 0 Å². The molecule has 0 aliphatic carbocycles. The molecule has 1 rings (SSSR count). The van der Waals surface area contributed by atoms with Gasteiger partial charge in [-0.25, -0.2) is 12.7 Å². The third kappa shape index (κ3) is 3.16. The lowest BCUT2D eigenvalue weighted by Crippen LogP contribution is -2.39. The summed E-state index contributed by atoms with van der Waals surface area (Å²) in [5.74, 6) is 0.0674. The van der Waals surface area contributed by atoms with E-state index in [0.717, 1.165) is 19.5 Å². The molecule has 0 radical (unpaired) electrons. The standard InChI is InChI=1S/C10H23N3O2S/c1-3-12(4-2)10-5-7-13(9-10)16(14,15)8-6-11/h10H,3-9,11H2,1-2H3. The molecule has 1 unspecified atom stereocenters. The van der Waals surface area contributed by atoms with E-state index in [2.05, 4.69) is 18.7 Å². The zero-order valence-corrected chi connectivity index (χ0v) is 11.0. The topological polar surface area (TPSA) is 66.6 Å². The molecule has 0 bridgehead atoms. The summed E-state index contributed by atoms with van der Waals surface area (Å²) in [6.07, 6.45) is 0.936. The van der Waals surface area contributed by atoms with Crippen molar-refractivity contribution in [1.29, 1.82) is 0 Å². The van der Waals surface area contributed by atoms with Crippen molar-refractivity contribution in [2.24, 2.45) is 5.73 Å². The maximum Gasteiger partial charge on any atom is 0.215 e. The van der Waals surface area contributed by atoms with Crippen LogP contribution in [0, 0.1) is 0 Å². The normalized spacial score (nSPS) is 23.1. The van der Waals surface area contributed by atoms with Gasteiger partial charge in [-0.15, -0.1) is 0 Å². The van der Waals surface area contributed by atoms with Crippen LogP contribution in [-0.4, -0.2) is 62.1 Å². The van der Waals surface area contributed by atoms with Crippen LogP contribution in [0.15, 0.2) is 0 Å². The molecule has 1 atom stereocenters. The maximum absolute atomic E-state index is 11.8. The average Bonchev–Trinajstić information content (AvgIpc) is 2.69. The van der Waals surface area contributed by atoms with Gasteiger partial charge in [0, 0.05) is 25.7 Å². The Hall–Kier alpha value is -0.170. The third-order valence-electron chi connectivity index (χ3n) is 3.22. The Labute approximate surface area is 98.6 Å². The Morgan fingerprint density at radius 1 is 1.38 bits per heavy atom. The van der Waals surface area contributed by atoms with Crippen LogP contribution < -0.4 is 5.73 Å². The molecule has 0 aromatic carbocycles. The maximum atomic E-state index is 11.8. The molecule has 96 valence electrons. The number of hydrogen-bond donors (Lipinski definition) is 1. The summed E-state index contributed by atoms with van der Waals surface area (Å²) in [7, 11) is -3.11. The van der Waals surface area contributed by atoms with Crippen molar-refractivity contribution in [3.05, 3.63) is 0 Å². The van der Waals surface area contributed by atoms with Crippen molar-refractivity contribution in [2.75, 3.05) is 38.5 Å². The molecule has 0 aromatic rings. The van der Waals surface area contributed by atoms with Crippen molar-refractivity contribution in [3.63, 3.8) is 0 Å². The van der Waals surface area contributed by atoms with Gasteiger partial charge in [0.1, 0.15) is 0 Å². The predicted molar refractivity (Wildman–Crippen MR) is 65.7 cm³/mol. The van der Waals surface area contributed by atoms with Gasteiger partial charge in [0.25, 0.3) is 0 Å². The Balaban J connectivity index is 2.58. The van der Waals surface area contributed by atoms with E-state index in [9.17, 15) is 8.42 Å². The Morgan fingerprint density at radius 2 is 2.00 bits per heavy atom. The van der Waals surface area contributed by atoms with Gasteiger partial charge in [0.05, 0.1) is 5.75 Å². The van der Waals surface area contributed by atoms with Crippen molar-refractivity contribution < 1.29 is 8.42 Å². The van der Waals surface area contributed by atoms with Crippen molar-refractivity contribution >= 4 is 10.0 Å². The molecular weight excluding hydrogens is 226 g/mol. The SMILES string of the molecule is CCN(CC)C1CCN(S(=O)(=O)CCN)C1. The summed E-state index contributed by atoms with van der Waals surface area (Å²) in [4.78, 5) is 2.32. The van der Waals surface area contributed by atoms with E-state index < -0.39 is 10.0 Å². The van der Waals surface area contributed by atoms with Crippen LogP contribution in [0.25, 0.3) is 0 Å². The summed E-state index contributed by atoms with van der Waals surface area (Å²) < 4.78 is 25.2. The lowest BCUT2D eigenvalue weighted by Gasteiger charge is -2.26. The number of rotatable bonds is 6. The number of sulfonamides is 1. The monoisotopic (exact) mass is 249 g/mol. The molecule has 6 heteroatoms. The predicted octanol–water partition coefficient (Wildman–Crippen LogP) is -0.309. The molecule has 0 saturated carbocycles.